The van der Waals surface area contributed by atoms with Crippen LogP contribution in [-0.2, 0) is 4.74 Å². The second-order valence-corrected chi connectivity index (χ2v) is 7.64. The summed E-state index contributed by atoms with van der Waals surface area (Å²) in [4.78, 5) is 14.2. The minimum atomic E-state index is -0.0383. The first-order chi connectivity index (χ1) is 12.2. The Hall–Kier alpha value is -1.40. The number of aliphatic hydroxyl groups is 1. The topological polar surface area (TPSA) is 61.7 Å². The summed E-state index contributed by atoms with van der Waals surface area (Å²) in [6.45, 7) is 7.02. The van der Waals surface area contributed by atoms with Gasteiger partial charge in [-0.1, -0.05) is 0 Å². The van der Waals surface area contributed by atoms with E-state index in [2.05, 4.69) is 20.9 Å². The SMILES string of the molecule is COCCC[C@]1(CO)CCCN(c2cc(C)nc(N3CCCC3)n2)C1. The fourth-order valence-electron chi connectivity index (χ4n) is 4.16. The Morgan fingerprint density at radius 1 is 1.16 bits per heavy atom. The Morgan fingerprint density at radius 3 is 2.64 bits per heavy atom. The molecular weight excluding hydrogens is 316 g/mol. The molecule has 2 saturated heterocycles. The van der Waals surface area contributed by atoms with Gasteiger partial charge in [-0.05, 0) is 45.4 Å². The summed E-state index contributed by atoms with van der Waals surface area (Å²) in [5, 5.41) is 10.1. The number of ether oxygens (including phenoxy) is 1. The van der Waals surface area contributed by atoms with Crippen LogP contribution in [0.15, 0.2) is 6.07 Å². The molecule has 140 valence electrons. The van der Waals surface area contributed by atoms with Crippen molar-refractivity contribution in [1.82, 2.24) is 9.97 Å². The van der Waals surface area contributed by atoms with Gasteiger partial charge in [0, 0.05) is 57.1 Å². The smallest absolute Gasteiger partial charge is 0.227 e. The number of hydrogen-bond donors (Lipinski definition) is 1. The number of aromatic nitrogens is 2. The molecule has 0 spiro atoms. The number of hydrogen-bond acceptors (Lipinski definition) is 6. The summed E-state index contributed by atoms with van der Waals surface area (Å²) < 4.78 is 5.20. The van der Waals surface area contributed by atoms with Crippen LogP contribution in [0.25, 0.3) is 0 Å². The number of piperidine rings is 1. The second-order valence-electron chi connectivity index (χ2n) is 7.64. The Labute approximate surface area is 151 Å². The van der Waals surface area contributed by atoms with Crippen molar-refractivity contribution in [3.05, 3.63) is 11.8 Å². The molecule has 2 fully saturated rings. The highest BCUT2D eigenvalue weighted by atomic mass is 16.5. The zero-order valence-electron chi connectivity index (χ0n) is 15.7. The number of anilines is 2. The van der Waals surface area contributed by atoms with E-state index in [-0.39, 0.29) is 12.0 Å². The predicted octanol–water partition coefficient (Wildman–Crippen LogP) is 2.39. The molecule has 1 aromatic rings. The fourth-order valence-corrected chi connectivity index (χ4v) is 4.16. The largest absolute Gasteiger partial charge is 0.396 e. The Balaban J connectivity index is 1.76. The minimum absolute atomic E-state index is 0.0383. The van der Waals surface area contributed by atoms with E-state index in [9.17, 15) is 5.11 Å². The van der Waals surface area contributed by atoms with E-state index < -0.39 is 0 Å². The number of aliphatic hydroxyl groups excluding tert-OH is 1. The van der Waals surface area contributed by atoms with Crippen molar-refractivity contribution in [1.29, 1.82) is 0 Å². The van der Waals surface area contributed by atoms with Gasteiger partial charge >= 0.3 is 0 Å². The lowest BCUT2D eigenvalue weighted by Crippen LogP contribution is -2.46. The average molecular weight is 348 g/mol. The van der Waals surface area contributed by atoms with Crippen molar-refractivity contribution >= 4 is 11.8 Å². The second kappa shape index (κ2) is 8.32. The molecule has 25 heavy (non-hydrogen) atoms. The third kappa shape index (κ3) is 4.42. The van der Waals surface area contributed by atoms with Gasteiger partial charge in [0.05, 0.1) is 6.61 Å². The van der Waals surface area contributed by atoms with Gasteiger partial charge in [-0.15, -0.1) is 0 Å². The van der Waals surface area contributed by atoms with Crippen LogP contribution >= 0.6 is 0 Å². The molecule has 0 aliphatic carbocycles. The van der Waals surface area contributed by atoms with E-state index in [0.29, 0.717) is 0 Å². The van der Waals surface area contributed by atoms with E-state index >= 15 is 0 Å². The first-order valence-electron chi connectivity index (χ1n) is 9.61. The van der Waals surface area contributed by atoms with Gasteiger partial charge in [-0.3, -0.25) is 0 Å². The molecule has 0 amide bonds. The summed E-state index contributed by atoms with van der Waals surface area (Å²) in [6.07, 6.45) is 6.61. The molecule has 3 rings (SSSR count). The van der Waals surface area contributed by atoms with Crippen LogP contribution in [0.3, 0.4) is 0 Å². The Bertz CT molecular complexity index is 562. The first kappa shape index (κ1) is 18.4. The molecule has 2 aliphatic rings. The highest BCUT2D eigenvalue weighted by Crippen LogP contribution is 2.36. The molecular formula is C19H32N4O2. The zero-order valence-corrected chi connectivity index (χ0v) is 15.7. The number of methoxy groups -OCH3 is 1. The van der Waals surface area contributed by atoms with Crippen LogP contribution in [0, 0.1) is 12.3 Å². The van der Waals surface area contributed by atoms with Crippen molar-refractivity contribution < 1.29 is 9.84 Å². The Kier molecular flexibility index (Phi) is 6.12. The molecule has 6 heteroatoms. The van der Waals surface area contributed by atoms with Crippen LogP contribution in [0.5, 0.6) is 0 Å². The maximum absolute atomic E-state index is 10.1. The summed E-state index contributed by atoms with van der Waals surface area (Å²) in [5.74, 6) is 1.88. The van der Waals surface area contributed by atoms with Gasteiger partial charge in [-0.25, -0.2) is 4.98 Å². The van der Waals surface area contributed by atoms with Gasteiger partial charge in [-0.2, -0.15) is 4.98 Å². The van der Waals surface area contributed by atoms with Crippen LogP contribution in [0.4, 0.5) is 11.8 Å². The van der Waals surface area contributed by atoms with E-state index in [0.717, 1.165) is 75.9 Å². The molecule has 1 aromatic heterocycles. The summed E-state index contributed by atoms with van der Waals surface area (Å²) in [5.41, 5.74) is 0.982. The van der Waals surface area contributed by atoms with Crippen LogP contribution in [-0.4, -0.2) is 61.6 Å². The van der Waals surface area contributed by atoms with Gasteiger partial charge in [0.1, 0.15) is 5.82 Å². The summed E-state index contributed by atoms with van der Waals surface area (Å²) in [6, 6.07) is 2.09. The van der Waals surface area contributed by atoms with Crippen LogP contribution < -0.4 is 9.80 Å². The highest BCUT2D eigenvalue weighted by molar-refractivity contribution is 5.47. The van der Waals surface area contributed by atoms with E-state index in [1.807, 2.05) is 6.92 Å². The monoisotopic (exact) mass is 348 g/mol. The van der Waals surface area contributed by atoms with Crippen LogP contribution in [0.1, 0.15) is 44.2 Å². The lowest BCUT2D eigenvalue weighted by molar-refractivity contribution is 0.0820. The van der Waals surface area contributed by atoms with E-state index in [4.69, 9.17) is 9.72 Å². The van der Waals surface area contributed by atoms with Gasteiger partial charge < -0.3 is 19.6 Å². The molecule has 6 nitrogen and oxygen atoms in total. The van der Waals surface area contributed by atoms with Gasteiger partial charge in [0.2, 0.25) is 5.95 Å². The van der Waals surface area contributed by atoms with Crippen molar-refractivity contribution in [3.63, 3.8) is 0 Å². The Morgan fingerprint density at radius 2 is 1.92 bits per heavy atom. The summed E-state index contributed by atoms with van der Waals surface area (Å²) in [7, 11) is 1.74. The van der Waals surface area contributed by atoms with E-state index in [1.165, 1.54) is 12.8 Å². The molecule has 0 bridgehead atoms. The number of rotatable bonds is 7. The average Bonchev–Trinajstić information content (AvgIpc) is 3.16. The van der Waals surface area contributed by atoms with Crippen molar-refractivity contribution in [3.8, 4) is 0 Å². The molecule has 0 radical (unpaired) electrons. The molecule has 2 aliphatic heterocycles. The maximum atomic E-state index is 10.1. The molecule has 1 atom stereocenters. The lowest BCUT2D eigenvalue weighted by atomic mass is 9.77. The van der Waals surface area contributed by atoms with Gasteiger partial charge in [0.15, 0.2) is 0 Å². The molecule has 3 heterocycles. The molecule has 1 N–H and O–H groups in total. The van der Waals surface area contributed by atoms with Crippen LogP contribution in [0.2, 0.25) is 0 Å². The van der Waals surface area contributed by atoms with Crippen molar-refractivity contribution in [2.75, 3.05) is 56.3 Å². The number of nitrogens with zero attached hydrogens (tertiary/aromatic N) is 4. The third-order valence-electron chi connectivity index (χ3n) is 5.59. The molecule has 0 saturated carbocycles. The number of aryl methyl sites for hydroxylation is 1. The normalized spacial score (nSPS) is 24.1. The summed E-state index contributed by atoms with van der Waals surface area (Å²) >= 11 is 0. The molecule has 0 unspecified atom stereocenters. The van der Waals surface area contributed by atoms with Crippen molar-refractivity contribution in [2.24, 2.45) is 5.41 Å². The molecule has 0 aromatic carbocycles. The highest BCUT2D eigenvalue weighted by Gasteiger charge is 2.35. The standard InChI is InChI=1S/C19H32N4O2/c1-16-13-17(21-18(20-16)22-9-3-4-10-22)23-11-5-7-19(14-23,15-24)8-6-12-25-2/h13,24H,3-12,14-15H2,1-2H3/t19-/m1/s1. The first-order valence-corrected chi connectivity index (χ1v) is 9.61. The van der Waals surface area contributed by atoms with Gasteiger partial charge in [0.25, 0.3) is 0 Å². The fraction of sp³-hybridized carbons (Fsp3) is 0.789. The maximum Gasteiger partial charge on any atom is 0.227 e. The zero-order chi connectivity index (χ0) is 17.7. The predicted molar refractivity (Wildman–Crippen MR) is 100 cm³/mol. The third-order valence-corrected chi connectivity index (χ3v) is 5.59. The van der Waals surface area contributed by atoms with Crippen molar-refractivity contribution in [2.45, 2.75) is 45.4 Å². The lowest BCUT2D eigenvalue weighted by Gasteiger charge is -2.42. The van der Waals surface area contributed by atoms with E-state index in [1.54, 1.807) is 7.11 Å². The minimum Gasteiger partial charge on any atom is -0.396 e. The quantitative estimate of drug-likeness (QED) is 0.764.